The Bertz CT molecular complexity index is 740. The lowest BCUT2D eigenvalue weighted by molar-refractivity contribution is 0.0753. The number of ether oxygens (including phenoxy) is 1. The lowest BCUT2D eigenvalue weighted by atomic mass is 9.92. The van der Waals surface area contributed by atoms with Gasteiger partial charge in [0.1, 0.15) is 16.5 Å². The van der Waals surface area contributed by atoms with Gasteiger partial charge in [-0.05, 0) is 62.0 Å². The smallest absolute Gasteiger partial charge is 0.273 e. The van der Waals surface area contributed by atoms with Crippen molar-refractivity contribution < 1.29 is 9.53 Å². The summed E-state index contributed by atoms with van der Waals surface area (Å²) in [5.74, 6) is 2.34. The number of rotatable bonds is 3. The number of nitrogens with one attached hydrogen (secondary N) is 1. The summed E-state index contributed by atoms with van der Waals surface area (Å²) < 4.78 is 5.19. The van der Waals surface area contributed by atoms with Crippen LogP contribution < -0.4 is 10.1 Å². The largest absolute Gasteiger partial charge is 0.497 e. The number of amides is 1. The Balaban J connectivity index is 0.00000131. The molecule has 0 spiro atoms. The van der Waals surface area contributed by atoms with E-state index < -0.39 is 0 Å². The molecule has 0 bridgehead atoms. The number of halogens is 2. The highest BCUT2D eigenvalue weighted by molar-refractivity contribution is 7.13. The normalized spacial score (nSPS) is 21.4. The fourth-order valence-corrected chi connectivity index (χ4v) is 4.62. The van der Waals surface area contributed by atoms with Crippen molar-refractivity contribution in [3.8, 4) is 16.3 Å². The zero-order valence-electron chi connectivity index (χ0n) is 15.2. The second kappa shape index (κ2) is 9.73. The summed E-state index contributed by atoms with van der Waals surface area (Å²) in [7, 11) is 1.65. The van der Waals surface area contributed by atoms with Gasteiger partial charge in [-0.25, -0.2) is 4.98 Å². The maximum absolute atomic E-state index is 12.9. The van der Waals surface area contributed by atoms with Crippen LogP contribution in [0.1, 0.15) is 23.3 Å². The maximum Gasteiger partial charge on any atom is 0.273 e. The van der Waals surface area contributed by atoms with Gasteiger partial charge >= 0.3 is 0 Å². The number of fused-ring (bicyclic) bond motifs is 1. The lowest BCUT2D eigenvalue weighted by Gasteiger charge is -2.19. The van der Waals surface area contributed by atoms with Crippen LogP contribution in [0.4, 0.5) is 0 Å². The summed E-state index contributed by atoms with van der Waals surface area (Å²) in [6.07, 6.45) is 2.19. The van der Waals surface area contributed by atoms with Crippen molar-refractivity contribution in [3.05, 3.63) is 35.3 Å². The topological polar surface area (TPSA) is 54.5 Å². The van der Waals surface area contributed by atoms with Crippen LogP contribution in [0.15, 0.2) is 29.6 Å². The molecule has 3 heterocycles. The number of carbonyl (C=O) groups is 1. The lowest BCUT2D eigenvalue weighted by Crippen LogP contribution is -2.33. The number of thiazole rings is 1. The standard InChI is InChI=1S/C19H23N3O2S.2ClH/c1-24-16-4-2-13(3-5-16)18-21-17(12-25-18)19(23)22-8-6-14-10-20-11-15(14)7-9-22;;/h2-5,12,14-15,20H,6-11H2,1H3;2*1H/t14-,15+;;. The first kappa shape index (κ1) is 22.0. The van der Waals surface area contributed by atoms with E-state index in [9.17, 15) is 4.79 Å². The Kier molecular flexibility index (Phi) is 7.91. The molecule has 2 aliphatic rings. The van der Waals surface area contributed by atoms with Crippen LogP contribution in [0.5, 0.6) is 5.75 Å². The van der Waals surface area contributed by atoms with Gasteiger partial charge in [-0.2, -0.15) is 0 Å². The number of likely N-dealkylation sites (tertiary alicyclic amines) is 1. The molecule has 148 valence electrons. The molecule has 0 unspecified atom stereocenters. The fraction of sp³-hybridized carbons (Fsp3) is 0.474. The Morgan fingerprint density at radius 2 is 1.78 bits per heavy atom. The van der Waals surface area contributed by atoms with Gasteiger partial charge in [0.25, 0.3) is 5.91 Å². The molecule has 4 rings (SSSR count). The quantitative estimate of drug-likeness (QED) is 0.806. The number of hydrogen-bond donors (Lipinski definition) is 1. The van der Waals surface area contributed by atoms with E-state index in [1.807, 2.05) is 34.5 Å². The molecular weight excluding hydrogens is 405 g/mol. The molecule has 2 saturated heterocycles. The highest BCUT2D eigenvalue weighted by Crippen LogP contribution is 2.29. The third-order valence-corrected chi connectivity index (χ3v) is 6.26. The van der Waals surface area contributed by atoms with Crippen molar-refractivity contribution in [2.24, 2.45) is 11.8 Å². The van der Waals surface area contributed by atoms with Crippen molar-refractivity contribution in [2.45, 2.75) is 12.8 Å². The van der Waals surface area contributed by atoms with Gasteiger partial charge in [0.2, 0.25) is 0 Å². The highest BCUT2D eigenvalue weighted by atomic mass is 35.5. The van der Waals surface area contributed by atoms with Crippen LogP contribution >= 0.6 is 36.2 Å². The van der Waals surface area contributed by atoms with Gasteiger partial charge in [0, 0.05) is 24.0 Å². The van der Waals surface area contributed by atoms with Crippen molar-refractivity contribution in [3.63, 3.8) is 0 Å². The van der Waals surface area contributed by atoms with Gasteiger partial charge in [0.05, 0.1) is 7.11 Å². The number of benzene rings is 1. The molecular formula is C19H25Cl2N3O2S. The molecule has 2 fully saturated rings. The zero-order chi connectivity index (χ0) is 17.2. The Morgan fingerprint density at radius 1 is 1.15 bits per heavy atom. The van der Waals surface area contributed by atoms with E-state index in [0.29, 0.717) is 5.69 Å². The molecule has 2 aliphatic heterocycles. The summed E-state index contributed by atoms with van der Waals surface area (Å²) >= 11 is 1.52. The maximum atomic E-state index is 12.9. The van der Waals surface area contributed by atoms with Crippen molar-refractivity contribution in [2.75, 3.05) is 33.3 Å². The number of hydrogen-bond acceptors (Lipinski definition) is 5. The predicted octanol–water partition coefficient (Wildman–Crippen LogP) is 3.73. The molecule has 1 aromatic carbocycles. The summed E-state index contributed by atoms with van der Waals surface area (Å²) in [4.78, 5) is 19.4. The molecule has 0 aliphatic carbocycles. The van der Waals surface area contributed by atoms with E-state index in [4.69, 9.17) is 4.74 Å². The predicted molar refractivity (Wildman–Crippen MR) is 114 cm³/mol. The summed E-state index contributed by atoms with van der Waals surface area (Å²) in [5.41, 5.74) is 1.59. The first-order valence-electron chi connectivity index (χ1n) is 8.84. The minimum atomic E-state index is 0. The first-order chi connectivity index (χ1) is 12.2. The monoisotopic (exact) mass is 429 g/mol. The molecule has 1 amide bonds. The fourth-order valence-electron chi connectivity index (χ4n) is 3.82. The minimum Gasteiger partial charge on any atom is -0.497 e. The average Bonchev–Trinajstić information content (AvgIpc) is 3.27. The Labute approximate surface area is 176 Å². The van der Waals surface area contributed by atoms with Gasteiger partial charge < -0.3 is 15.0 Å². The van der Waals surface area contributed by atoms with Crippen molar-refractivity contribution >= 4 is 42.1 Å². The number of methoxy groups -OCH3 is 1. The first-order valence-corrected chi connectivity index (χ1v) is 9.72. The molecule has 2 aromatic rings. The van der Waals surface area contributed by atoms with Crippen LogP contribution in [0.3, 0.4) is 0 Å². The van der Waals surface area contributed by atoms with Gasteiger partial charge in [-0.1, -0.05) is 0 Å². The molecule has 27 heavy (non-hydrogen) atoms. The van der Waals surface area contributed by atoms with E-state index >= 15 is 0 Å². The number of nitrogens with zero attached hydrogens (tertiary/aromatic N) is 2. The minimum absolute atomic E-state index is 0. The molecule has 5 nitrogen and oxygen atoms in total. The second-order valence-corrected chi connectivity index (χ2v) is 7.67. The van der Waals surface area contributed by atoms with E-state index in [1.165, 1.54) is 11.3 Å². The average molecular weight is 430 g/mol. The van der Waals surface area contributed by atoms with E-state index in [-0.39, 0.29) is 30.7 Å². The highest BCUT2D eigenvalue weighted by Gasteiger charge is 2.32. The van der Waals surface area contributed by atoms with Crippen LogP contribution in [0.2, 0.25) is 0 Å². The Morgan fingerprint density at radius 3 is 2.37 bits per heavy atom. The van der Waals surface area contributed by atoms with Crippen LogP contribution in [0.25, 0.3) is 10.6 Å². The second-order valence-electron chi connectivity index (χ2n) is 6.81. The molecule has 2 atom stereocenters. The van der Waals surface area contributed by atoms with Gasteiger partial charge in [0.15, 0.2) is 0 Å². The summed E-state index contributed by atoms with van der Waals surface area (Å²) in [6.45, 7) is 3.89. The van der Waals surface area contributed by atoms with Crippen molar-refractivity contribution in [1.29, 1.82) is 0 Å². The molecule has 0 saturated carbocycles. The van der Waals surface area contributed by atoms with E-state index in [1.54, 1.807) is 7.11 Å². The zero-order valence-corrected chi connectivity index (χ0v) is 17.7. The van der Waals surface area contributed by atoms with Crippen LogP contribution in [0, 0.1) is 11.8 Å². The third kappa shape index (κ3) is 4.74. The summed E-state index contributed by atoms with van der Waals surface area (Å²) in [6, 6.07) is 7.79. The SMILES string of the molecule is COc1ccc(-c2nc(C(=O)N3CC[C@@H]4CNC[C@@H]4CC3)cs2)cc1.Cl.Cl. The van der Waals surface area contributed by atoms with Crippen molar-refractivity contribution in [1.82, 2.24) is 15.2 Å². The number of carbonyl (C=O) groups excluding carboxylic acids is 1. The van der Waals surface area contributed by atoms with Gasteiger partial charge in [-0.3, -0.25) is 4.79 Å². The summed E-state index contributed by atoms with van der Waals surface area (Å²) in [5, 5.41) is 6.24. The van der Waals surface area contributed by atoms with Crippen LogP contribution in [-0.4, -0.2) is 49.1 Å². The molecule has 8 heteroatoms. The Hall–Kier alpha value is -1.34. The third-order valence-electron chi connectivity index (χ3n) is 5.37. The molecule has 1 aromatic heterocycles. The molecule has 0 radical (unpaired) electrons. The van der Waals surface area contributed by atoms with E-state index in [2.05, 4.69) is 10.3 Å². The molecule has 1 N–H and O–H groups in total. The van der Waals surface area contributed by atoms with Crippen LogP contribution in [-0.2, 0) is 0 Å². The van der Waals surface area contributed by atoms with E-state index in [0.717, 1.165) is 67.2 Å². The number of aromatic nitrogens is 1. The van der Waals surface area contributed by atoms with Gasteiger partial charge in [-0.15, -0.1) is 36.2 Å².